The lowest BCUT2D eigenvalue weighted by atomic mass is 10.1. The van der Waals surface area contributed by atoms with Gasteiger partial charge in [-0.3, -0.25) is 4.68 Å². The second kappa shape index (κ2) is 5.53. The van der Waals surface area contributed by atoms with Gasteiger partial charge in [-0.15, -0.1) is 11.3 Å². The maximum atomic E-state index is 12.5. The molecule has 0 saturated carbocycles. The van der Waals surface area contributed by atoms with Gasteiger partial charge in [0.15, 0.2) is 5.65 Å². The standard InChI is InChI=1S/C16H17N3O2S/c1-9(2)21-16(20)11-8-12(13-6-5-7-22-13)17-15-14(11)10(3)18-19(15)4/h5-9H,1-4H3. The normalized spacial score (nSPS) is 11.3. The molecule has 0 aromatic carbocycles. The number of aryl methyl sites for hydroxylation is 2. The first kappa shape index (κ1) is 14.7. The Hall–Kier alpha value is -2.21. The van der Waals surface area contributed by atoms with E-state index in [1.54, 1.807) is 22.1 Å². The highest BCUT2D eigenvalue weighted by Crippen LogP contribution is 2.29. The summed E-state index contributed by atoms with van der Waals surface area (Å²) in [5.41, 5.74) is 2.76. The number of esters is 1. The van der Waals surface area contributed by atoms with Gasteiger partial charge >= 0.3 is 5.97 Å². The first-order valence-electron chi connectivity index (χ1n) is 7.06. The van der Waals surface area contributed by atoms with Crippen molar-refractivity contribution in [3.8, 4) is 10.6 Å². The van der Waals surface area contributed by atoms with Gasteiger partial charge in [-0.1, -0.05) is 6.07 Å². The van der Waals surface area contributed by atoms with Crippen LogP contribution >= 0.6 is 11.3 Å². The summed E-state index contributed by atoms with van der Waals surface area (Å²) in [4.78, 5) is 18.1. The molecule has 3 heterocycles. The zero-order chi connectivity index (χ0) is 15.9. The van der Waals surface area contributed by atoms with Crippen LogP contribution in [0.5, 0.6) is 0 Å². The van der Waals surface area contributed by atoms with Gasteiger partial charge in [0.2, 0.25) is 0 Å². The number of fused-ring (bicyclic) bond motifs is 1. The zero-order valence-corrected chi connectivity index (χ0v) is 13.8. The Labute approximate surface area is 132 Å². The fourth-order valence-electron chi connectivity index (χ4n) is 2.43. The quantitative estimate of drug-likeness (QED) is 0.693. The molecule has 0 amide bonds. The lowest BCUT2D eigenvalue weighted by molar-refractivity contribution is 0.0380. The van der Waals surface area contributed by atoms with Gasteiger partial charge in [0.05, 0.1) is 33.3 Å². The topological polar surface area (TPSA) is 57.0 Å². The third-order valence-electron chi connectivity index (χ3n) is 3.30. The molecule has 0 bridgehead atoms. The molecular weight excluding hydrogens is 298 g/mol. The van der Waals surface area contributed by atoms with Gasteiger partial charge in [0.1, 0.15) is 0 Å². The molecule has 0 saturated heterocycles. The van der Waals surface area contributed by atoms with Crippen LogP contribution in [0, 0.1) is 6.92 Å². The zero-order valence-electron chi connectivity index (χ0n) is 13.0. The Kier molecular flexibility index (Phi) is 3.70. The van der Waals surface area contributed by atoms with Gasteiger partial charge < -0.3 is 4.74 Å². The number of hydrogen-bond acceptors (Lipinski definition) is 5. The first-order valence-corrected chi connectivity index (χ1v) is 7.94. The van der Waals surface area contributed by atoms with Crippen molar-refractivity contribution in [3.63, 3.8) is 0 Å². The predicted molar refractivity (Wildman–Crippen MR) is 87.1 cm³/mol. The van der Waals surface area contributed by atoms with E-state index in [2.05, 4.69) is 10.1 Å². The summed E-state index contributed by atoms with van der Waals surface area (Å²) in [5, 5.41) is 7.13. The van der Waals surface area contributed by atoms with E-state index in [1.165, 1.54) is 0 Å². The fourth-order valence-corrected chi connectivity index (χ4v) is 3.12. The third kappa shape index (κ3) is 2.50. The number of carbonyl (C=O) groups is 1. The van der Waals surface area contributed by atoms with Crippen molar-refractivity contribution < 1.29 is 9.53 Å². The highest BCUT2D eigenvalue weighted by molar-refractivity contribution is 7.13. The summed E-state index contributed by atoms with van der Waals surface area (Å²) in [5.74, 6) is -0.337. The molecule has 0 radical (unpaired) electrons. The van der Waals surface area contributed by atoms with Crippen LogP contribution in [0.4, 0.5) is 0 Å². The second-order valence-corrected chi connectivity index (χ2v) is 6.34. The molecule has 6 heteroatoms. The van der Waals surface area contributed by atoms with Gasteiger partial charge in [0, 0.05) is 7.05 Å². The molecule has 3 aromatic rings. The van der Waals surface area contributed by atoms with Gasteiger partial charge in [-0.05, 0) is 38.3 Å². The molecule has 114 valence electrons. The van der Waals surface area contributed by atoms with Crippen LogP contribution in [0.3, 0.4) is 0 Å². The van der Waals surface area contributed by atoms with E-state index >= 15 is 0 Å². The Morgan fingerprint density at radius 3 is 2.82 bits per heavy atom. The molecular formula is C16H17N3O2S. The van der Waals surface area contributed by atoms with Crippen LogP contribution in [0.15, 0.2) is 23.6 Å². The van der Waals surface area contributed by atoms with Crippen LogP contribution in [0.2, 0.25) is 0 Å². The molecule has 3 rings (SSSR count). The Balaban J connectivity index is 2.25. The molecule has 0 aliphatic carbocycles. The maximum absolute atomic E-state index is 12.5. The number of rotatable bonds is 3. The molecule has 0 spiro atoms. The maximum Gasteiger partial charge on any atom is 0.339 e. The molecule has 3 aromatic heterocycles. The highest BCUT2D eigenvalue weighted by Gasteiger charge is 2.21. The number of carbonyl (C=O) groups excluding carboxylic acids is 1. The van der Waals surface area contributed by atoms with Crippen molar-refractivity contribution in [2.45, 2.75) is 26.9 Å². The van der Waals surface area contributed by atoms with E-state index in [0.717, 1.165) is 21.7 Å². The van der Waals surface area contributed by atoms with E-state index in [-0.39, 0.29) is 12.1 Å². The van der Waals surface area contributed by atoms with Crippen molar-refractivity contribution in [1.29, 1.82) is 0 Å². The summed E-state index contributed by atoms with van der Waals surface area (Å²) >= 11 is 1.59. The van der Waals surface area contributed by atoms with E-state index in [4.69, 9.17) is 4.74 Å². The smallest absolute Gasteiger partial charge is 0.339 e. The average Bonchev–Trinajstić information content (AvgIpc) is 3.07. The Morgan fingerprint density at radius 2 is 2.18 bits per heavy atom. The molecule has 0 aliphatic heterocycles. The molecule has 0 aliphatic rings. The molecule has 0 N–H and O–H groups in total. The van der Waals surface area contributed by atoms with Crippen LogP contribution < -0.4 is 0 Å². The monoisotopic (exact) mass is 315 g/mol. The largest absolute Gasteiger partial charge is 0.459 e. The van der Waals surface area contributed by atoms with Crippen molar-refractivity contribution in [2.75, 3.05) is 0 Å². The number of aromatic nitrogens is 3. The van der Waals surface area contributed by atoms with Crippen LogP contribution in [-0.4, -0.2) is 26.8 Å². The minimum atomic E-state index is -0.337. The fraction of sp³-hybridized carbons (Fsp3) is 0.312. The molecule has 0 atom stereocenters. The number of hydrogen-bond donors (Lipinski definition) is 0. The summed E-state index contributed by atoms with van der Waals surface area (Å²) < 4.78 is 7.08. The van der Waals surface area contributed by atoms with Crippen molar-refractivity contribution in [3.05, 3.63) is 34.8 Å². The predicted octanol–water partition coefficient (Wildman–Crippen LogP) is 3.57. The summed E-state index contributed by atoms with van der Waals surface area (Å²) in [6, 6.07) is 5.75. The van der Waals surface area contributed by atoms with Crippen molar-refractivity contribution >= 4 is 28.3 Å². The van der Waals surface area contributed by atoms with Gasteiger partial charge in [0.25, 0.3) is 0 Å². The van der Waals surface area contributed by atoms with Crippen LogP contribution in [0.25, 0.3) is 21.6 Å². The lowest BCUT2D eigenvalue weighted by Crippen LogP contribution is -2.12. The van der Waals surface area contributed by atoms with Crippen LogP contribution in [0.1, 0.15) is 29.9 Å². The molecule has 0 fully saturated rings. The number of ether oxygens (including phenoxy) is 1. The van der Waals surface area contributed by atoms with E-state index < -0.39 is 0 Å². The SMILES string of the molecule is Cc1nn(C)c2nc(-c3cccs3)cc(C(=O)OC(C)C)c12. The van der Waals surface area contributed by atoms with Gasteiger partial charge in [-0.2, -0.15) is 5.10 Å². The molecule has 5 nitrogen and oxygen atoms in total. The number of pyridine rings is 1. The number of nitrogens with zero attached hydrogens (tertiary/aromatic N) is 3. The molecule has 0 unspecified atom stereocenters. The third-order valence-corrected chi connectivity index (χ3v) is 4.20. The minimum absolute atomic E-state index is 0.169. The van der Waals surface area contributed by atoms with Crippen molar-refractivity contribution in [1.82, 2.24) is 14.8 Å². The second-order valence-electron chi connectivity index (χ2n) is 5.39. The average molecular weight is 315 g/mol. The Bertz CT molecular complexity index is 835. The van der Waals surface area contributed by atoms with Gasteiger partial charge in [-0.25, -0.2) is 9.78 Å². The minimum Gasteiger partial charge on any atom is -0.459 e. The van der Waals surface area contributed by atoms with Crippen molar-refractivity contribution in [2.24, 2.45) is 7.05 Å². The van der Waals surface area contributed by atoms with E-state index in [1.807, 2.05) is 45.3 Å². The highest BCUT2D eigenvalue weighted by atomic mass is 32.1. The van der Waals surface area contributed by atoms with E-state index in [9.17, 15) is 4.79 Å². The Morgan fingerprint density at radius 1 is 1.41 bits per heavy atom. The lowest BCUT2D eigenvalue weighted by Gasteiger charge is -2.10. The molecule has 22 heavy (non-hydrogen) atoms. The number of thiophene rings is 1. The van der Waals surface area contributed by atoms with E-state index in [0.29, 0.717) is 11.2 Å². The summed E-state index contributed by atoms with van der Waals surface area (Å²) in [7, 11) is 1.83. The van der Waals surface area contributed by atoms with Crippen LogP contribution in [-0.2, 0) is 11.8 Å². The summed E-state index contributed by atoms with van der Waals surface area (Å²) in [6.45, 7) is 5.56. The summed E-state index contributed by atoms with van der Waals surface area (Å²) in [6.07, 6.45) is -0.169. The first-order chi connectivity index (χ1) is 10.5.